The maximum absolute atomic E-state index is 12.3. The standard InChI is InChI=1S/C17H21N3OS/c1-11-4-9-14-15(10-11)22-17(18-14)19-16(21)12-5-7-13(8-6-12)20(2)3/h5-8,11H,4,9-10H2,1-3H3,(H,18,19,21)/t11-/m1/s1. The van der Waals surface area contributed by atoms with Crippen molar-refractivity contribution in [3.63, 3.8) is 0 Å². The lowest BCUT2D eigenvalue weighted by atomic mass is 9.93. The number of carbonyl (C=O) groups is 1. The molecule has 1 atom stereocenters. The van der Waals surface area contributed by atoms with E-state index in [1.807, 2.05) is 43.3 Å². The molecule has 0 aliphatic heterocycles. The number of hydrogen-bond donors (Lipinski definition) is 1. The van der Waals surface area contributed by atoms with E-state index in [2.05, 4.69) is 17.2 Å². The minimum atomic E-state index is -0.0931. The number of aryl methyl sites for hydroxylation is 1. The summed E-state index contributed by atoms with van der Waals surface area (Å²) >= 11 is 1.62. The normalized spacial score (nSPS) is 17.0. The summed E-state index contributed by atoms with van der Waals surface area (Å²) in [7, 11) is 3.96. The Kier molecular flexibility index (Phi) is 4.16. The third-order valence-corrected chi connectivity index (χ3v) is 5.09. The number of anilines is 2. The van der Waals surface area contributed by atoms with Crippen molar-refractivity contribution in [2.75, 3.05) is 24.3 Å². The van der Waals surface area contributed by atoms with Crippen LogP contribution in [0.3, 0.4) is 0 Å². The molecule has 5 heteroatoms. The lowest BCUT2D eigenvalue weighted by molar-refractivity contribution is 0.102. The molecule has 116 valence electrons. The number of thiazole rings is 1. The molecule has 1 aliphatic carbocycles. The van der Waals surface area contributed by atoms with Gasteiger partial charge in [-0.15, -0.1) is 11.3 Å². The van der Waals surface area contributed by atoms with Gasteiger partial charge in [0.05, 0.1) is 5.69 Å². The second kappa shape index (κ2) is 6.08. The molecule has 2 aromatic rings. The molecule has 0 radical (unpaired) electrons. The molecule has 3 rings (SSSR count). The van der Waals surface area contributed by atoms with E-state index in [4.69, 9.17) is 0 Å². The molecule has 1 aromatic carbocycles. The van der Waals surface area contributed by atoms with Gasteiger partial charge in [-0.25, -0.2) is 4.98 Å². The highest BCUT2D eigenvalue weighted by Gasteiger charge is 2.20. The van der Waals surface area contributed by atoms with Gasteiger partial charge in [-0.1, -0.05) is 6.92 Å². The molecule has 22 heavy (non-hydrogen) atoms. The Bertz CT molecular complexity index is 676. The second-order valence-corrected chi connectivity index (χ2v) is 7.22. The third-order valence-electron chi connectivity index (χ3n) is 4.05. The molecule has 0 spiro atoms. The number of rotatable bonds is 3. The summed E-state index contributed by atoms with van der Waals surface area (Å²) < 4.78 is 0. The lowest BCUT2D eigenvalue weighted by Gasteiger charge is -2.15. The molecular weight excluding hydrogens is 294 g/mol. The van der Waals surface area contributed by atoms with Gasteiger partial charge in [-0.3, -0.25) is 10.1 Å². The van der Waals surface area contributed by atoms with Crippen LogP contribution < -0.4 is 10.2 Å². The molecule has 1 heterocycles. The Hall–Kier alpha value is -1.88. The highest BCUT2D eigenvalue weighted by atomic mass is 32.1. The number of amides is 1. The zero-order valence-corrected chi connectivity index (χ0v) is 14.0. The summed E-state index contributed by atoms with van der Waals surface area (Å²) in [6, 6.07) is 7.59. The maximum atomic E-state index is 12.3. The summed E-state index contributed by atoms with van der Waals surface area (Å²) in [4.78, 5) is 20.2. The van der Waals surface area contributed by atoms with E-state index in [-0.39, 0.29) is 5.91 Å². The van der Waals surface area contributed by atoms with Crippen LogP contribution in [0.1, 0.15) is 34.3 Å². The topological polar surface area (TPSA) is 45.2 Å². The predicted octanol–water partition coefficient (Wildman–Crippen LogP) is 3.59. The quantitative estimate of drug-likeness (QED) is 0.941. The first kappa shape index (κ1) is 15.0. The van der Waals surface area contributed by atoms with Gasteiger partial charge in [0, 0.05) is 30.2 Å². The SMILES string of the molecule is C[C@@H]1CCc2nc(NC(=O)c3ccc(N(C)C)cc3)sc2C1. The molecule has 0 saturated heterocycles. The molecule has 0 unspecified atom stereocenters. The van der Waals surface area contributed by atoms with Gasteiger partial charge in [0.1, 0.15) is 0 Å². The van der Waals surface area contributed by atoms with E-state index in [1.165, 1.54) is 17.0 Å². The molecular formula is C17H21N3OS. The van der Waals surface area contributed by atoms with Crippen molar-refractivity contribution < 1.29 is 4.79 Å². The molecule has 1 aromatic heterocycles. The van der Waals surface area contributed by atoms with E-state index in [1.54, 1.807) is 11.3 Å². The number of nitrogens with one attached hydrogen (secondary N) is 1. The monoisotopic (exact) mass is 315 g/mol. The molecule has 0 bridgehead atoms. The number of benzene rings is 1. The van der Waals surface area contributed by atoms with Crippen LogP contribution >= 0.6 is 11.3 Å². The molecule has 1 N–H and O–H groups in total. The minimum Gasteiger partial charge on any atom is -0.378 e. The van der Waals surface area contributed by atoms with Crippen molar-refractivity contribution in [2.24, 2.45) is 5.92 Å². The van der Waals surface area contributed by atoms with E-state index in [9.17, 15) is 4.79 Å². The summed E-state index contributed by atoms with van der Waals surface area (Å²) in [5.41, 5.74) is 2.91. The van der Waals surface area contributed by atoms with Gasteiger partial charge in [0.2, 0.25) is 0 Å². The van der Waals surface area contributed by atoms with Crippen molar-refractivity contribution in [3.8, 4) is 0 Å². The van der Waals surface area contributed by atoms with Crippen LogP contribution in [-0.2, 0) is 12.8 Å². The number of carbonyl (C=O) groups excluding carboxylic acids is 1. The van der Waals surface area contributed by atoms with Gasteiger partial charge in [-0.2, -0.15) is 0 Å². The highest BCUT2D eigenvalue weighted by molar-refractivity contribution is 7.15. The summed E-state index contributed by atoms with van der Waals surface area (Å²) in [6.45, 7) is 2.27. The highest BCUT2D eigenvalue weighted by Crippen LogP contribution is 2.32. The molecule has 0 fully saturated rings. The van der Waals surface area contributed by atoms with Crippen LogP contribution in [0.15, 0.2) is 24.3 Å². The van der Waals surface area contributed by atoms with Crippen molar-refractivity contribution in [1.82, 2.24) is 4.98 Å². The Labute approximate surface area is 135 Å². The van der Waals surface area contributed by atoms with Crippen LogP contribution in [0.2, 0.25) is 0 Å². The zero-order chi connectivity index (χ0) is 15.7. The van der Waals surface area contributed by atoms with Crippen molar-refractivity contribution in [3.05, 3.63) is 40.4 Å². The third kappa shape index (κ3) is 3.14. The fourth-order valence-electron chi connectivity index (χ4n) is 2.67. The van der Waals surface area contributed by atoms with Crippen molar-refractivity contribution >= 4 is 28.1 Å². The molecule has 1 aliphatic rings. The first-order valence-corrected chi connectivity index (χ1v) is 8.42. The van der Waals surface area contributed by atoms with Crippen LogP contribution in [0.5, 0.6) is 0 Å². The van der Waals surface area contributed by atoms with Crippen LogP contribution in [0.25, 0.3) is 0 Å². The van der Waals surface area contributed by atoms with Gasteiger partial charge in [0.15, 0.2) is 5.13 Å². The fraction of sp³-hybridized carbons (Fsp3) is 0.412. The van der Waals surface area contributed by atoms with Gasteiger partial charge >= 0.3 is 0 Å². The number of aromatic nitrogens is 1. The predicted molar refractivity (Wildman–Crippen MR) is 92.0 cm³/mol. The molecule has 4 nitrogen and oxygen atoms in total. The Morgan fingerprint density at radius 3 is 2.73 bits per heavy atom. The van der Waals surface area contributed by atoms with Gasteiger partial charge in [0.25, 0.3) is 5.91 Å². The summed E-state index contributed by atoms with van der Waals surface area (Å²) in [5, 5.41) is 3.66. The zero-order valence-electron chi connectivity index (χ0n) is 13.2. The Morgan fingerprint density at radius 1 is 1.32 bits per heavy atom. The number of hydrogen-bond acceptors (Lipinski definition) is 4. The second-order valence-electron chi connectivity index (χ2n) is 6.13. The van der Waals surface area contributed by atoms with E-state index in [0.29, 0.717) is 5.56 Å². The van der Waals surface area contributed by atoms with Crippen LogP contribution in [-0.4, -0.2) is 25.0 Å². The van der Waals surface area contributed by atoms with E-state index in [0.717, 1.165) is 29.6 Å². The number of fused-ring (bicyclic) bond motifs is 1. The van der Waals surface area contributed by atoms with Gasteiger partial charge in [-0.05, 0) is 49.4 Å². The van der Waals surface area contributed by atoms with Gasteiger partial charge < -0.3 is 4.90 Å². The largest absolute Gasteiger partial charge is 0.378 e. The average molecular weight is 315 g/mol. The van der Waals surface area contributed by atoms with E-state index < -0.39 is 0 Å². The average Bonchev–Trinajstić information content (AvgIpc) is 2.88. The molecule has 0 saturated carbocycles. The first-order chi connectivity index (χ1) is 10.5. The summed E-state index contributed by atoms with van der Waals surface area (Å²) in [6.07, 6.45) is 3.30. The van der Waals surface area contributed by atoms with Crippen molar-refractivity contribution in [1.29, 1.82) is 0 Å². The van der Waals surface area contributed by atoms with E-state index >= 15 is 0 Å². The minimum absolute atomic E-state index is 0.0931. The fourth-order valence-corrected chi connectivity index (χ4v) is 3.84. The van der Waals surface area contributed by atoms with Crippen LogP contribution in [0, 0.1) is 5.92 Å². The lowest BCUT2D eigenvalue weighted by Crippen LogP contribution is -2.13. The van der Waals surface area contributed by atoms with Crippen LogP contribution in [0.4, 0.5) is 10.8 Å². The number of nitrogens with zero attached hydrogens (tertiary/aromatic N) is 2. The first-order valence-electron chi connectivity index (χ1n) is 7.60. The Morgan fingerprint density at radius 2 is 2.05 bits per heavy atom. The van der Waals surface area contributed by atoms with Crippen molar-refractivity contribution in [2.45, 2.75) is 26.2 Å². The summed E-state index contributed by atoms with van der Waals surface area (Å²) in [5.74, 6) is 0.625. The molecule has 1 amide bonds. The Balaban J connectivity index is 1.71. The maximum Gasteiger partial charge on any atom is 0.257 e. The smallest absolute Gasteiger partial charge is 0.257 e.